The molecule has 0 spiro atoms. The van der Waals surface area contributed by atoms with Crippen molar-refractivity contribution in [2.75, 3.05) is 7.11 Å². The molecule has 3 aromatic heterocycles. The molecule has 26 heavy (non-hydrogen) atoms. The molecule has 0 saturated heterocycles. The third-order valence-electron chi connectivity index (χ3n) is 3.52. The molecule has 0 N–H and O–H groups in total. The zero-order valence-electron chi connectivity index (χ0n) is 13.8. The first-order chi connectivity index (χ1) is 12.8. The van der Waals surface area contributed by atoms with E-state index < -0.39 is 0 Å². The molecule has 0 amide bonds. The molecule has 4 rings (SSSR count). The van der Waals surface area contributed by atoms with E-state index in [-0.39, 0.29) is 0 Å². The molecule has 3 heterocycles. The van der Waals surface area contributed by atoms with Gasteiger partial charge in [0.1, 0.15) is 10.8 Å². The summed E-state index contributed by atoms with van der Waals surface area (Å²) in [6.07, 6.45) is 1.77. The Hall–Kier alpha value is -2.71. The van der Waals surface area contributed by atoms with Crippen molar-refractivity contribution in [3.05, 3.63) is 59.7 Å². The lowest BCUT2D eigenvalue weighted by Crippen LogP contribution is -1.84. The molecular weight excluding hydrogens is 368 g/mol. The highest BCUT2D eigenvalue weighted by atomic mass is 32.2. The molecule has 0 bridgehead atoms. The lowest BCUT2D eigenvalue weighted by molar-refractivity contribution is 0.414. The molecule has 0 aliphatic rings. The first-order valence-electron chi connectivity index (χ1n) is 7.78. The van der Waals surface area contributed by atoms with Crippen molar-refractivity contribution >= 4 is 23.1 Å². The third-order valence-corrected chi connectivity index (χ3v) is 5.29. The molecule has 1 aromatic carbocycles. The van der Waals surface area contributed by atoms with E-state index in [4.69, 9.17) is 9.15 Å². The molecule has 6 nitrogen and oxygen atoms in total. The molecule has 8 heteroatoms. The monoisotopic (exact) mass is 382 g/mol. The highest BCUT2D eigenvalue weighted by molar-refractivity contribution is 7.98. The number of benzene rings is 1. The SMILES string of the molecule is COc1ccc(-c2nnc(SCc3csc(-c4ccccn4)n3)o2)cc1. The molecule has 0 fully saturated rings. The van der Waals surface area contributed by atoms with Gasteiger partial charge in [0.05, 0.1) is 18.5 Å². The van der Waals surface area contributed by atoms with Gasteiger partial charge in [-0.1, -0.05) is 17.8 Å². The van der Waals surface area contributed by atoms with Gasteiger partial charge in [0.2, 0.25) is 5.89 Å². The Bertz CT molecular complexity index is 984. The van der Waals surface area contributed by atoms with E-state index in [0.717, 1.165) is 27.7 Å². The van der Waals surface area contributed by atoms with E-state index in [1.807, 2.05) is 47.8 Å². The maximum Gasteiger partial charge on any atom is 0.277 e. The van der Waals surface area contributed by atoms with Crippen LogP contribution < -0.4 is 4.74 Å². The van der Waals surface area contributed by atoms with Gasteiger partial charge in [-0.3, -0.25) is 4.98 Å². The minimum atomic E-state index is 0.489. The number of nitrogens with zero attached hydrogens (tertiary/aromatic N) is 4. The van der Waals surface area contributed by atoms with Crippen LogP contribution >= 0.6 is 23.1 Å². The zero-order chi connectivity index (χ0) is 17.8. The maximum absolute atomic E-state index is 5.72. The predicted molar refractivity (Wildman–Crippen MR) is 101 cm³/mol. The number of hydrogen-bond acceptors (Lipinski definition) is 8. The quantitative estimate of drug-likeness (QED) is 0.453. The highest BCUT2D eigenvalue weighted by Crippen LogP contribution is 2.28. The summed E-state index contributed by atoms with van der Waals surface area (Å²) in [4.78, 5) is 8.93. The van der Waals surface area contributed by atoms with Crippen LogP contribution in [0.5, 0.6) is 5.75 Å². The van der Waals surface area contributed by atoms with Crippen LogP contribution in [0, 0.1) is 0 Å². The van der Waals surface area contributed by atoms with Gasteiger partial charge in [0, 0.05) is 22.9 Å². The second-order valence-electron chi connectivity index (χ2n) is 5.25. The van der Waals surface area contributed by atoms with Crippen molar-refractivity contribution in [2.24, 2.45) is 0 Å². The lowest BCUT2D eigenvalue weighted by Gasteiger charge is -1.99. The van der Waals surface area contributed by atoms with Crippen LogP contribution in [0.25, 0.3) is 22.2 Å². The van der Waals surface area contributed by atoms with E-state index >= 15 is 0 Å². The third kappa shape index (κ3) is 3.76. The van der Waals surface area contributed by atoms with E-state index in [1.165, 1.54) is 11.8 Å². The summed E-state index contributed by atoms with van der Waals surface area (Å²) in [5, 5.41) is 11.6. The van der Waals surface area contributed by atoms with E-state index in [1.54, 1.807) is 24.6 Å². The predicted octanol–water partition coefficient (Wildman–Crippen LogP) is 4.56. The number of pyridine rings is 1. The Morgan fingerprint density at radius 3 is 2.77 bits per heavy atom. The molecule has 0 aliphatic heterocycles. The Labute approximate surface area is 158 Å². The number of ether oxygens (including phenoxy) is 1. The van der Waals surface area contributed by atoms with Crippen LogP contribution in [0.2, 0.25) is 0 Å². The molecule has 0 aliphatic carbocycles. The van der Waals surface area contributed by atoms with Gasteiger partial charge in [-0.2, -0.15) is 0 Å². The van der Waals surface area contributed by atoms with Crippen LogP contribution in [0.4, 0.5) is 0 Å². The number of aromatic nitrogens is 4. The number of rotatable bonds is 6. The molecule has 130 valence electrons. The Morgan fingerprint density at radius 2 is 2.00 bits per heavy atom. The highest BCUT2D eigenvalue weighted by Gasteiger charge is 2.11. The minimum absolute atomic E-state index is 0.489. The van der Waals surface area contributed by atoms with Crippen LogP contribution in [0.3, 0.4) is 0 Å². The Morgan fingerprint density at radius 1 is 1.12 bits per heavy atom. The maximum atomic E-state index is 5.72. The Balaban J connectivity index is 1.41. The van der Waals surface area contributed by atoms with Gasteiger partial charge in [0.15, 0.2) is 0 Å². The summed E-state index contributed by atoms with van der Waals surface area (Å²) in [5.74, 6) is 1.94. The average Bonchev–Trinajstić information content (AvgIpc) is 3.37. The summed E-state index contributed by atoms with van der Waals surface area (Å²) in [5.41, 5.74) is 2.70. The van der Waals surface area contributed by atoms with Gasteiger partial charge in [0.25, 0.3) is 5.22 Å². The van der Waals surface area contributed by atoms with Gasteiger partial charge >= 0.3 is 0 Å². The molecule has 0 atom stereocenters. The van der Waals surface area contributed by atoms with Crippen LogP contribution in [-0.4, -0.2) is 27.3 Å². The fourth-order valence-electron chi connectivity index (χ4n) is 2.23. The second kappa shape index (κ2) is 7.67. The summed E-state index contributed by atoms with van der Waals surface area (Å²) in [6.45, 7) is 0. The first-order valence-corrected chi connectivity index (χ1v) is 9.65. The summed E-state index contributed by atoms with van der Waals surface area (Å²) in [7, 11) is 1.63. The fraction of sp³-hybridized carbons (Fsp3) is 0.111. The van der Waals surface area contributed by atoms with E-state index in [0.29, 0.717) is 16.9 Å². The van der Waals surface area contributed by atoms with Crippen molar-refractivity contribution in [1.82, 2.24) is 20.2 Å². The van der Waals surface area contributed by atoms with Gasteiger partial charge in [-0.05, 0) is 36.4 Å². The van der Waals surface area contributed by atoms with Gasteiger partial charge in [-0.15, -0.1) is 21.5 Å². The molecular formula is C18H14N4O2S2. The lowest BCUT2D eigenvalue weighted by atomic mass is 10.2. The summed E-state index contributed by atoms with van der Waals surface area (Å²) >= 11 is 3.04. The van der Waals surface area contributed by atoms with Crippen LogP contribution in [-0.2, 0) is 5.75 Å². The number of thioether (sulfide) groups is 1. The van der Waals surface area contributed by atoms with Crippen molar-refractivity contribution in [3.8, 4) is 27.9 Å². The molecule has 4 aromatic rings. The largest absolute Gasteiger partial charge is 0.497 e. The topological polar surface area (TPSA) is 73.9 Å². The van der Waals surface area contributed by atoms with Crippen LogP contribution in [0.1, 0.15) is 5.69 Å². The van der Waals surface area contributed by atoms with E-state index in [9.17, 15) is 0 Å². The number of methoxy groups -OCH3 is 1. The normalized spacial score (nSPS) is 10.8. The minimum Gasteiger partial charge on any atom is -0.497 e. The van der Waals surface area contributed by atoms with Gasteiger partial charge in [-0.25, -0.2) is 4.98 Å². The molecule has 0 radical (unpaired) electrons. The summed E-state index contributed by atoms with van der Waals surface area (Å²) in [6, 6.07) is 13.3. The fourth-order valence-corrected chi connectivity index (χ4v) is 3.79. The molecule has 0 saturated carbocycles. The van der Waals surface area contributed by atoms with Crippen LogP contribution in [0.15, 0.2) is 63.7 Å². The standard InChI is InChI=1S/C18H14N4O2S2/c1-23-14-7-5-12(6-8-14)16-21-22-18(24-16)26-11-13-10-25-17(20-13)15-4-2-3-9-19-15/h2-10H,11H2,1H3. The van der Waals surface area contributed by atoms with Crippen molar-refractivity contribution in [3.63, 3.8) is 0 Å². The second-order valence-corrected chi connectivity index (χ2v) is 7.03. The first kappa shape index (κ1) is 16.7. The van der Waals surface area contributed by atoms with Crippen molar-refractivity contribution in [2.45, 2.75) is 11.0 Å². The van der Waals surface area contributed by atoms with E-state index in [2.05, 4.69) is 20.2 Å². The number of hydrogen-bond donors (Lipinski definition) is 0. The van der Waals surface area contributed by atoms with Crippen molar-refractivity contribution in [1.29, 1.82) is 0 Å². The van der Waals surface area contributed by atoms with Gasteiger partial charge < -0.3 is 9.15 Å². The molecule has 0 unspecified atom stereocenters. The number of thiazole rings is 1. The average molecular weight is 382 g/mol. The smallest absolute Gasteiger partial charge is 0.277 e. The zero-order valence-corrected chi connectivity index (χ0v) is 15.5. The Kier molecular flexibility index (Phi) is 4.94. The van der Waals surface area contributed by atoms with Crippen molar-refractivity contribution < 1.29 is 9.15 Å². The summed E-state index contributed by atoms with van der Waals surface area (Å²) < 4.78 is 10.9.